The summed E-state index contributed by atoms with van der Waals surface area (Å²) in [5.74, 6) is 0.161. The van der Waals surface area contributed by atoms with Crippen LogP contribution < -0.4 is 0 Å². The molecule has 0 saturated carbocycles. The number of nitrogens with zero attached hydrogens (tertiary/aromatic N) is 1. The highest BCUT2D eigenvalue weighted by Gasteiger charge is 2.12. The third-order valence-corrected chi connectivity index (χ3v) is 3.03. The van der Waals surface area contributed by atoms with Crippen molar-refractivity contribution in [2.24, 2.45) is 0 Å². The molecule has 0 saturated heterocycles. The first-order chi connectivity index (χ1) is 8.17. The van der Waals surface area contributed by atoms with Crippen LogP contribution in [0.5, 0.6) is 0 Å². The molecule has 0 unspecified atom stereocenters. The van der Waals surface area contributed by atoms with Crippen LogP contribution in [-0.2, 0) is 11.2 Å². The maximum atomic E-state index is 12.1. The number of amides is 1. The van der Waals surface area contributed by atoms with Crippen LogP contribution in [0.15, 0.2) is 24.3 Å². The van der Waals surface area contributed by atoms with Gasteiger partial charge in [-0.2, -0.15) is 0 Å². The molecule has 1 rings (SSSR count). The lowest BCUT2D eigenvalue weighted by Crippen LogP contribution is -2.34. The second kappa shape index (κ2) is 7.72. The second-order valence-electron chi connectivity index (χ2n) is 3.88. The third-order valence-electron chi connectivity index (χ3n) is 2.45. The maximum Gasteiger partial charge on any atom is 0.227 e. The summed E-state index contributed by atoms with van der Waals surface area (Å²) >= 11 is 9.27. The van der Waals surface area contributed by atoms with Gasteiger partial charge in [-0.25, -0.2) is 0 Å². The molecule has 1 aromatic carbocycles. The minimum atomic E-state index is 0.161. The van der Waals surface area contributed by atoms with Crippen molar-refractivity contribution in [2.45, 2.75) is 19.8 Å². The quantitative estimate of drug-likeness (QED) is 0.735. The normalized spacial score (nSPS) is 10.3. The molecule has 0 aliphatic carbocycles. The first-order valence-corrected chi connectivity index (χ1v) is 7.25. The molecule has 0 atom stereocenters. The molecule has 0 aliphatic heterocycles. The van der Waals surface area contributed by atoms with Crippen molar-refractivity contribution in [3.05, 3.63) is 34.9 Å². The fourth-order valence-corrected chi connectivity index (χ4v) is 2.31. The average molecular weight is 319 g/mol. The zero-order valence-corrected chi connectivity index (χ0v) is 12.3. The molecule has 1 amide bonds. The molecule has 0 heterocycles. The van der Waals surface area contributed by atoms with Crippen molar-refractivity contribution < 1.29 is 4.79 Å². The molecule has 4 heteroatoms. The Balaban J connectivity index is 2.62. The molecule has 0 bridgehead atoms. The van der Waals surface area contributed by atoms with Gasteiger partial charge >= 0.3 is 0 Å². The molecule has 0 N–H and O–H groups in total. The standard InChI is InChI=1S/C13H17BrClNO/c1-2-7-16(8-6-14)13(17)10-11-4-3-5-12(15)9-11/h3-5,9H,2,6-8,10H2,1H3. The minimum absolute atomic E-state index is 0.161. The van der Waals surface area contributed by atoms with Gasteiger partial charge in [-0.05, 0) is 24.1 Å². The number of hydrogen-bond donors (Lipinski definition) is 0. The summed E-state index contributed by atoms with van der Waals surface area (Å²) in [5, 5.41) is 1.49. The van der Waals surface area contributed by atoms with Crippen molar-refractivity contribution in [1.82, 2.24) is 4.90 Å². The third kappa shape index (κ3) is 5.09. The lowest BCUT2D eigenvalue weighted by molar-refractivity contribution is -0.130. The molecular formula is C13H17BrClNO. The summed E-state index contributed by atoms with van der Waals surface area (Å²) in [6, 6.07) is 7.47. The van der Waals surface area contributed by atoms with Gasteiger partial charge in [0.1, 0.15) is 0 Å². The zero-order valence-electron chi connectivity index (χ0n) is 9.96. The van der Waals surface area contributed by atoms with Crippen molar-refractivity contribution >= 4 is 33.4 Å². The van der Waals surface area contributed by atoms with Crippen LogP contribution >= 0.6 is 27.5 Å². The van der Waals surface area contributed by atoms with E-state index in [4.69, 9.17) is 11.6 Å². The molecular weight excluding hydrogens is 302 g/mol. The van der Waals surface area contributed by atoms with E-state index in [0.29, 0.717) is 11.4 Å². The van der Waals surface area contributed by atoms with Gasteiger partial charge in [0.15, 0.2) is 0 Å². The van der Waals surface area contributed by atoms with E-state index in [0.717, 1.165) is 30.4 Å². The van der Waals surface area contributed by atoms with Crippen LogP contribution in [0.2, 0.25) is 5.02 Å². The molecule has 0 aliphatic rings. The van der Waals surface area contributed by atoms with Gasteiger partial charge in [0.2, 0.25) is 5.91 Å². The Bertz CT molecular complexity index is 364. The molecule has 0 radical (unpaired) electrons. The highest BCUT2D eigenvalue weighted by atomic mass is 79.9. The predicted octanol–water partition coefficient (Wildman–Crippen LogP) is 3.52. The van der Waals surface area contributed by atoms with Gasteiger partial charge in [-0.15, -0.1) is 0 Å². The lowest BCUT2D eigenvalue weighted by atomic mass is 10.1. The van der Waals surface area contributed by atoms with E-state index in [2.05, 4.69) is 22.9 Å². The Hall–Kier alpha value is -0.540. The second-order valence-corrected chi connectivity index (χ2v) is 5.11. The molecule has 0 spiro atoms. The number of rotatable bonds is 6. The maximum absolute atomic E-state index is 12.1. The van der Waals surface area contributed by atoms with Crippen LogP contribution in [0.25, 0.3) is 0 Å². The number of alkyl halides is 1. The van der Waals surface area contributed by atoms with Gasteiger partial charge in [0.05, 0.1) is 6.42 Å². The van der Waals surface area contributed by atoms with Gasteiger partial charge in [0, 0.05) is 23.4 Å². The van der Waals surface area contributed by atoms with Crippen molar-refractivity contribution in [1.29, 1.82) is 0 Å². The number of carbonyl (C=O) groups excluding carboxylic acids is 1. The average Bonchev–Trinajstić information content (AvgIpc) is 2.28. The fourth-order valence-electron chi connectivity index (χ4n) is 1.67. The van der Waals surface area contributed by atoms with Gasteiger partial charge in [-0.1, -0.05) is 46.6 Å². The highest BCUT2D eigenvalue weighted by molar-refractivity contribution is 9.09. The molecule has 0 fully saturated rings. The Kier molecular flexibility index (Phi) is 6.60. The van der Waals surface area contributed by atoms with E-state index in [1.165, 1.54) is 0 Å². The van der Waals surface area contributed by atoms with Crippen LogP contribution in [0, 0.1) is 0 Å². The summed E-state index contributed by atoms with van der Waals surface area (Å²) in [6.45, 7) is 3.64. The lowest BCUT2D eigenvalue weighted by Gasteiger charge is -2.21. The van der Waals surface area contributed by atoms with Crippen molar-refractivity contribution in [2.75, 3.05) is 18.4 Å². The summed E-state index contributed by atoms with van der Waals surface area (Å²) in [5.41, 5.74) is 0.971. The first kappa shape index (κ1) is 14.5. The van der Waals surface area contributed by atoms with Crippen molar-refractivity contribution in [3.8, 4) is 0 Å². The van der Waals surface area contributed by atoms with Gasteiger partial charge < -0.3 is 4.90 Å². The van der Waals surface area contributed by atoms with Gasteiger partial charge in [-0.3, -0.25) is 4.79 Å². The van der Waals surface area contributed by atoms with Crippen LogP contribution in [-0.4, -0.2) is 29.2 Å². The Morgan fingerprint density at radius 2 is 2.18 bits per heavy atom. The van der Waals surface area contributed by atoms with E-state index in [1.807, 2.05) is 29.2 Å². The van der Waals surface area contributed by atoms with E-state index >= 15 is 0 Å². The topological polar surface area (TPSA) is 20.3 Å². The van der Waals surface area contributed by atoms with Crippen LogP contribution in [0.1, 0.15) is 18.9 Å². The summed E-state index contributed by atoms with van der Waals surface area (Å²) in [7, 11) is 0. The first-order valence-electron chi connectivity index (χ1n) is 5.75. The minimum Gasteiger partial charge on any atom is -0.342 e. The fraction of sp³-hybridized carbons (Fsp3) is 0.462. The summed E-state index contributed by atoms with van der Waals surface area (Å²) < 4.78 is 0. The summed E-state index contributed by atoms with van der Waals surface area (Å²) in [6.07, 6.45) is 1.40. The van der Waals surface area contributed by atoms with Crippen LogP contribution in [0.4, 0.5) is 0 Å². The zero-order chi connectivity index (χ0) is 12.7. The molecule has 94 valence electrons. The van der Waals surface area contributed by atoms with Crippen LogP contribution in [0.3, 0.4) is 0 Å². The SMILES string of the molecule is CCCN(CCBr)C(=O)Cc1cccc(Cl)c1. The monoisotopic (exact) mass is 317 g/mol. The predicted molar refractivity (Wildman–Crippen MR) is 75.8 cm³/mol. The van der Waals surface area contributed by atoms with E-state index in [9.17, 15) is 4.79 Å². The molecule has 2 nitrogen and oxygen atoms in total. The number of halogens is 2. The largest absolute Gasteiger partial charge is 0.342 e. The number of hydrogen-bond acceptors (Lipinski definition) is 1. The van der Waals surface area contributed by atoms with Gasteiger partial charge in [0.25, 0.3) is 0 Å². The van der Waals surface area contributed by atoms with E-state index < -0.39 is 0 Å². The smallest absolute Gasteiger partial charge is 0.227 e. The molecule has 0 aromatic heterocycles. The Morgan fingerprint density at radius 1 is 1.41 bits per heavy atom. The highest BCUT2D eigenvalue weighted by Crippen LogP contribution is 2.12. The molecule has 17 heavy (non-hydrogen) atoms. The van der Waals surface area contributed by atoms with E-state index in [-0.39, 0.29) is 5.91 Å². The summed E-state index contributed by atoms with van der Waals surface area (Å²) in [4.78, 5) is 14.0. The number of benzene rings is 1. The Labute approximate surface area is 116 Å². The van der Waals surface area contributed by atoms with E-state index in [1.54, 1.807) is 0 Å². The number of carbonyl (C=O) groups is 1. The van der Waals surface area contributed by atoms with Crippen molar-refractivity contribution in [3.63, 3.8) is 0 Å². The molecule has 1 aromatic rings. The Morgan fingerprint density at radius 3 is 2.76 bits per heavy atom.